The average Bonchev–Trinajstić information content (AvgIpc) is 3.29. The number of amides is 1. The first-order chi connectivity index (χ1) is 17.8. The summed E-state index contributed by atoms with van der Waals surface area (Å²) >= 11 is 0. The fourth-order valence-corrected chi connectivity index (χ4v) is 4.80. The summed E-state index contributed by atoms with van der Waals surface area (Å²) in [6.45, 7) is 0. The van der Waals surface area contributed by atoms with Crippen LogP contribution in [0.5, 0.6) is 0 Å². The molecule has 1 heterocycles. The highest BCUT2D eigenvalue weighted by atomic mass is 16.6. The summed E-state index contributed by atoms with van der Waals surface area (Å²) in [5.74, 6) is -0.331. The van der Waals surface area contributed by atoms with Crippen LogP contribution in [-0.4, -0.2) is 56.3 Å². The summed E-state index contributed by atoms with van der Waals surface area (Å²) in [6, 6.07) is 15.8. The Morgan fingerprint density at radius 3 is 1.97 bits per heavy atom. The van der Waals surface area contributed by atoms with Crippen molar-refractivity contribution in [3.8, 4) is 12.3 Å². The van der Waals surface area contributed by atoms with Crippen molar-refractivity contribution in [2.24, 2.45) is 5.41 Å². The molecule has 37 heavy (non-hydrogen) atoms. The molecule has 0 radical (unpaired) electrons. The van der Waals surface area contributed by atoms with Gasteiger partial charge in [-0.1, -0.05) is 60.7 Å². The molecule has 0 aromatic heterocycles. The lowest BCUT2D eigenvalue weighted by Gasteiger charge is -2.41. The van der Waals surface area contributed by atoms with Crippen LogP contribution >= 0.6 is 0 Å². The minimum absolute atomic E-state index is 0.0388. The summed E-state index contributed by atoms with van der Waals surface area (Å²) < 4.78 is 20.8. The van der Waals surface area contributed by atoms with Crippen molar-refractivity contribution < 1.29 is 38.1 Å². The summed E-state index contributed by atoms with van der Waals surface area (Å²) in [5.41, 5.74) is -0.783. The average molecular weight is 508 g/mol. The molecular formula is C28H29NO8. The molecule has 2 aromatic carbocycles. The Hall–Kier alpha value is -4.32. The number of benzene rings is 2. The van der Waals surface area contributed by atoms with E-state index in [2.05, 4.69) is 5.92 Å². The normalized spacial score (nSPS) is 17.8. The van der Waals surface area contributed by atoms with Crippen molar-refractivity contribution >= 4 is 24.0 Å². The van der Waals surface area contributed by atoms with Crippen LogP contribution in [0.2, 0.25) is 0 Å². The van der Waals surface area contributed by atoms with Crippen LogP contribution in [0.4, 0.5) is 4.79 Å². The Labute approximate surface area is 215 Å². The molecular weight excluding hydrogens is 478 g/mol. The van der Waals surface area contributed by atoms with Crippen molar-refractivity contribution in [2.45, 2.75) is 37.5 Å². The standard InChI is InChI=1S/C28H29NO8/c1-5-6-17-28(25(31)35-3,26(32)36-4)21(18-22(30)34-2)29-23(19-13-9-7-10-14-19)24(37-27(29)33)20-15-11-8-12-16-20/h1,7-16,21,23-24H,6,17-18H2,2-4H3/t21-,23+,24-/m0/s1. The zero-order valence-corrected chi connectivity index (χ0v) is 20.9. The van der Waals surface area contributed by atoms with Gasteiger partial charge >= 0.3 is 24.0 Å². The fraction of sp³-hybridized carbons (Fsp3) is 0.357. The van der Waals surface area contributed by atoms with Crippen molar-refractivity contribution in [3.05, 3.63) is 71.8 Å². The van der Waals surface area contributed by atoms with Crippen LogP contribution in [-0.2, 0) is 33.3 Å². The molecule has 1 saturated heterocycles. The van der Waals surface area contributed by atoms with E-state index in [1.54, 1.807) is 48.5 Å². The van der Waals surface area contributed by atoms with Crippen molar-refractivity contribution in [1.29, 1.82) is 0 Å². The Kier molecular flexibility index (Phi) is 8.90. The topological polar surface area (TPSA) is 108 Å². The van der Waals surface area contributed by atoms with E-state index in [0.29, 0.717) is 11.1 Å². The zero-order chi connectivity index (χ0) is 27.0. The highest BCUT2D eigenvalue weighted by Gasteiger charge is 2.61. The van der Waals surface area contributed by atoms with Crippen LogP contribution in [0.1, 0.15) is 42.5 Å². The molecule has 2 aromatic rings. The van der Waals surface area contributed by atoms with Crippen LogP contribution in [0.15, 0.2) is 60.7 Å². The number of carbonyl (C=O) groups is 4. The maximum absolute atomic E-state index is 13.6. The molecule has 0 unspecified atom stereocenters. The molecule has 1 aliphatic rings. The first-order valence-electron chi connectivity index (χ1n) is 11.6. The first kappa shape index (κ1) is 27.3. The van der Waals surface area contributed by atoms with Gasteiger partial charge in [-0.05, 0) is 17.5 Å². The van der Waals surface area contributed by atoms with E-state index in [4.69, 9.17) is 25.4 Å². The quantitative estimate of drug-likeness (QED) is 0.208. The molecule has 3 rings (SSSR count). The molecule has 9 nitrogen and oxygen atoms in total. The Morgan fingerprint density at radius 2 is 1.49 bits per heavy atom. The molecule has 1 aliphatic heterocycles. The number of hydrogen-bond acceptors (Lipinski definition) is 8. The Bertz CT molecular complexity index is 1140. The summed E-state index contributed by atoms with van der Waals surface area (Å²) in [7, 11) is 3.38. The minimum Gasteiger partial charge on any atom is -0.469 e. The van der Waals surface area contributed by atoms with E-state index in [1.165, 1.54) is 12.0 Å². The van der Waals surface area contributed by atoms with E-state index in [-0.39, 0.29) is 12.8 Å². The number of esters is 3. The second-order valence-electron chi connectivity index (χ2n) is 8.43. The van der Waals surface area contributed by atoms with Crippen molar-refractivity contribution in [3.63, 3.8) is 0 Å². The van der Waals surface area contributed by atoms with Crippen molar-refractivity contribution in [2.75, 3.05) is 21.3 Å². The molecule has 1 fully saturated rings. The number of hydrogen-bond donors (Lipinski definition) is 0. The highest BCUT2D eigenvalue weighted by molar-refractivity contribution is 6.02. The molecule has 0 spiro atoms. The fourth-order valence-electron chi connectivity index (χ4n) is 4.80. The van der Waals surface area contributed by atoms with Crippen LogP contribution < -0.4 is 0 Å². The van der Waals surface area contributed by atoms with E-state index in [9.17, 15) is 19.2 Å². The van der Waals surface area contributed by atoms with Crippen LogP contribution in [0.25, 0.3) is 0 Å². The van der Waals surface area contributed by atoms with Crippen LogP contribution in [0.3, 0.4) is 0 Å². The monoisotopic (exact) mass is 507 g/mol. The van der Waals surface area contributed by atoms with Gasteiger partial charge in [0.1, 0.15) is 6.04 Å². The first-order valence-corrected chi connectivity index (χ1v) is 11.6. The van der Waals surface area contributed by atoms with E-state index in [0.717, 1.165) is 14.2 Å². The van der Waals surface area contributed by atoms with Gasteiger partial charge in [-0.2, -0.15) is 0 Å². The molecule has 0 N–H and O–H groups in total. The second kappa shape index (κ2) is 12.1. The van der Waals surface area contributed by atoms with Gasteiger partial charge < -0.3 is 18.9 Å². The van der Waals surface area contributed by atoms with Gasteiger partial charge in [-0.25, -0.2) is 4.79 Å². The molecule has 1 amide bonds. The second-order valence-corrected chi connectivity index (χ2v) is 8.43. The van der Waals surface area contributed by atoms with Gasteiger partial charge in [0.05, 0.1) is 33.8 Å². The number of terminal acetylenes is 1. The number of carbonyl (C=O) groups excluding carboxylic acids is 4. The lowest BCUT2D eigenvalue weighted by Crippen LogP contribution is -2.58. The van der Waals surface area contributed by atoms with Gasteiger partial charge in [0.15, 0.2) is 11.5 Å². The number of rotatable bonds is 10. The molecule has 3 atom stereocenters. The summed E-state index contributed by atoms with van der Waals surface area (Å²) in [4.78, 5) is 54.3. The Morgan fingerprint density at radius 1 is 0.946 bits per heavy atom. The summed E-state index contributed by atoms with van der Waals surface area (Å²) in [6.07, 6.45) is 3.05. The zero-order valence-electron chi connectivity index (χ0n) is 20.9. The maximum Gasteiger partial charge on any atom is 0.411 e. The molecule has 0 saturated carbocycles. The van der Waals surface area contributed by atoms with E-state index >= 15 is 0 Å². The van der Waals surface area contributed by atoms with Gasteiger partial charge in [0, 0.05) is 6.42 Å². The molecule has 194 valence electrons. The number of cyclic esters (lactones) is 1. The maximum atomic E-state index is 13.6. The third kappa shape index (κ3) is 5.28. The Balaban J connectivity index is 2.30. The smallest absolute Gasteiger partial charge is 0.411 e. The number of methoxy groups -OCH3 is 3. The molecule has 9 heteroatoms. The van der Waals surface area contributed by atoms with Gasteiger partial charge in [-0.3, -0.25) is 19.3 Å². The summed E-state index contributed by atoms with van der Waals surface area (Å²) in [5, 5.41) is 0. The van der Waals surface area contributed by atoms with E-state index < -0.39 is 54.0 Å². The van der Waals surface area contributed by atoms with Gasteiger partial charge in [0.2, 0.25) is 0 Å². The highest BCUT2D eigenvalue weighted by Crippen LogP contribution is 2.49. The third-order valence-corrected chi connectivity index (χ3v) is 6.55. The number of nitrogens with zero attached hydrogens (tertiary/aromatic N) is 1. The predicted molar refractivity (Wildman–Crippen MR) is 132 cm³/mol. The molecule has 0 bridgehead atoms. The predicted octanol–water partition coefficient (Wildman–Crippen LogP) is 3.60. The lowest BCUT2D eigenvalue weighted by molar-refractivity contribution is -0.176. The van der Waals surface area contributed by atoms with Crippen LogP contribution in [0, 0.1) is 17.8 Å². The minimum atomic E-state index is -2.14. The SMILES string of the molecule is C#CCCC(C(=O)OC)(C(=O)OC)[C@H](CC(=O)OC)N1C(=O)O[C@@H](c2ccccc2)[C@H]1c1ccccc1. The largest absolute Gasteiger partial charge is 0.469 e. The third-order valence-electron chi connectivity index (χ3n) is 6.55. The van der Waals surface area contributed by atoms with Gasteiger partial charge in [-0.15, -0.1) is 12.3 Å². The molecule has 0 aliphatic carbocycles. The van der Waals surface area contributed by atoms with Crippen molar-refractivity contribution in [1.82, 2.24) is 4.90 Å². The van der Waals surface area contributed by atoms with E-state index in [1.807, 2.05) is 12.1 Å². The van der Waals surface area contributed by atoms with Gasteiger partial charge in [0.25, 0.3) is 0 Å². The lowest BCUT2D eigenvalue weighted by atomic mass is 9.73. The number of ether oxygens (including phenoxy) is 4.